The van der Waals surface area contributed by atoms with E-state index in [2.05, 4.69) is 318 Å². The summed E-state index contributed by atoms with van der Waals surface area (Å²) in [6, 6.07) is 91.3. The van der Waals surface area contributed by atoms with Crippen LogP contribution in [0.1, 0.15) is 44.5 Å². The van der Waals surface area contributed by atoms with Gasteiger partial charge in [-0.2, -0.15) is 0 Å². The van der Waals surface area contributed by atoms with Crippen molar-refractivity contribution in [1.82, 2.24) is 0 Å². The maximum absolute atomic E-state index is 2.46. The molecule has 0 radical (unpaired) electrons. The summed E-state index contributed by atoms with van der Waals surface area (Å²) in [6.45, 7) is 17.3. The maximum atomic E-state index is 2.46. The molecule has 0 bridgehead atoms. The van der Waals surface area contributed by atoms with E-state index in [1.165, 1.54) is 76.8 Å². The Labute approximate surface area is 471 Å². The number of nitrogens with zero attached hydrogens (tertiary/aromatic N) is 4. The van der Waals surface area contributed by atoms with Crippen LogP contribution in [0.2, 0.25) is 0 Å². The molecule has 0 N–H and O–H groups in total. The van der Waals surface area contributed by atoms with Crippen LogP contribution in [0, 0.1) is 55.4 Å². The summed E-state index contributed by atoms with van der Waals surface area (Å²) in [4.78, 5) is 9.74. The highest BCUT2D eigenvalue weighted by molar-refractivity contribution is 6.35. The third kappa shape index (κ3) is 9.33. The molecule has 0 atom stereocenters. The fraction of sp³-hybridized carbons (Fsp3) is 0.105. The van der Waals surface area contributed by atoms with Gasteiger partial charge in [-0.25, -0.2) is 0 Å². The van der Waals surface area contributed by atoms with E-state index in [9.17, 15) is 0 Å². The topological polar surface area (TPSA) is 13.0 Å². The highest BCUT2D eigenvalue weighted by Crippen LogP contribution is 2.51. The number of anilines is 12. The van der Waals surface area contributed by atoms with E-state index >= 15 is 0 Å². The molecule has 0 unspecified atom stereocenters. The summed E-state index contributed by atoms with van der Waals surface area (Å²) in [5.41, 5.74) is 22.9. The van der Waals surface area contributed by atoms with Crippen LogP contribution in [0.25, 0.3) is 43.1 Å². The van der Waals surface area contributed by atoms with Gasteiger partial charge in [-0.15, -0.1) is 0 Å². The lowest BCUT2D eigenvalue weighted by Gasteiger charge is -2.31. The van der Waals surface area contributed by atoms with Crippen molar-refractivity contribution in [2.45, 2.75) is 55.4 Å². The van der Waals surface area contributed by atoms with Crippen molar-refractivity contribution < 1.29 is 0 Å². The summed E-state index contributed by atoms with van der Waals surface area (Å²) in [7, 11) is 0. The Morgan fingerprint density at radius 1 is 0.163 bits per heavy atom. The van der Waals surface area contributed by atoms with E-state index in [-0.39, 0.29) is 0 Å². The second-order valence-corrected chi connectivity index (χ2v) is 22.2. The lowest BCUT2D eigenvalue weighted by molar-refractivity contribution is 1.27. The Balaban J connectivity index is 1.20. The molecule has 13 rings (SSSR count). The predicted molar refractivity (Wildman–Crippen MR) is 344 cm³/mol. The minimum absolute atomic E-state index is 1.08. The summed E-state index contributed by atoms with van der Waals surface area (Å²) < 4.78 is 0. The summed E-state index contributed by atoms with van der Waals surface area (Å²) in [5, 5.41) is 9.49. The monoisotopic (exact) mass is 1030 g/mol. The first-order valence-electron chi connectivity index (χ1n) is 27.9. The number of hydrogen-bond acceptors (Lipinski definition) is 4. The third-order valence-corrected chi connectivity index (χ3v) is 16.0. The maximum Gasteiger partial charge on any atom is 0.0474 e. The Hall–Kier alpha value is -9.64. The molecule has 0 saturated carbocycles. The van der Waals surface area contributed by atoms with Gasteiger partial charge >= 0.3 is 0 Å². The van der Waals surface area contributed by atoms with Crippen molar-refractivity contribution in [2.24, 2.45) is 0 Å². The Bertz CT molecular complexity index is 3630. The van der Waals surface area contributed by atoms with Crippen molar-refractivity contribution in [3.8, 4) is 0 Å². The van der Waals surface area contributed by atoms with Crippen LogP contribution in [0.4, 0.5) is 68.2 Å². The molecule has 0 fully saturated rings. The molecule has 388 valence electrons. The minimum atomic E-state index is 1.08. The Morgan fingerprint density at radius 3 is 0.438 bits per heavy atom. The lowest BCUT2D eigenvalue weighted by atomic mass is 9.87. The second-order valence-electron chi connectivity index (χ2n) is 22.2. The molecule has 4 heteroatoms. The average Bonchev–Trinajstić information content (AvgIpc) is 3.63. The average molecular weight is 1030 g/mol. The van der Waals surface area contributed by atoms with Gasteiger partial charge in [-0.1, -0.05) is 142 Å². The number of benzene rings is 13. The van der Waals surface area contributed by atoms with E-state index < -0.39 is 0 Å². The highest BCUT2D eigenvalue weighted by Gasteiger charge is 2.25. The number of fused-ring (bicyclic) bond motifs is 2. The van der Waals surface area contributed by atoms with Gasteiger partial charge in [0.25, 0.3) is 0 Å². The summed E-state index contributed by atoms with van der Waals surface area (Å²) in [5.74, 6) is 0. The van der Waals surface area contributed by atoms with Crippen LogP contribution in [0.15, 0.2) is 243 Å². The number of rotatable bonds is 12. The molecule has 0 spiro atoms. The zero-order valence-electron chi connectivity index (χ0n) is 46.9. The number of aryl methyl sites for hydroxylation is 8. The van der Waals surface area contributed by atoms with Crippen molar-refractivity contribution in [3.63, 3.8) is 0 Å². The molecule has 80 heavy (non-hydrogen) atoms. The molecule has 0 aliphatic heterocycles. The zero-order chi connectivity index (χ0) is 54.8. The molecule has 0 amide bonds. The van der Waals surface area contributed by atoms with E-state index in [1.54, 1.807) is 0 Å². The standard InChI is InChI=1S/C76H64N4/c1-49-9-25-59(26-10-49)77(60-27-11-50(2)12-28-60)67-41-57-42-68(78(61-29-13-51(3)14-30-61)62-31-15-52(4)16-32-62)47-73-74-48-70(80(65-37-21-55(7)22-38-65)66-39-23-56(8)24-40-66)44-58-43-69(46-72(76(58)74)71(45-67)75(57)73)79(63-33-17-53(5)18-34-63)64-35-19-54(6)20-36-64/h9-48H,1-8H3. The molecule has 0 saturated heterocycles. The molecule has 0 heterocycles. The zero-order valence-corrected chi connectivity index (χ0v) is 46.9. The molecule has 0 aliphatic carbocycles. The largest absolute Gasteiger partial charge is 0.310 e. The van der Waals surface area contributed by atoms with Crippen LogP contribution < -0.4 is 19.6 Å². The lowest BCUT2D eigenvalue weighted by Crippen LogP contribution is -2.12. The summed E-state index contributed by atoms with van der Waals surface area (Å²) >= 11 is 0. The second kappa shape index (κ2) is 20.3. The SMILES string of the molecule is Cc1ccc(N(c2ccc(C)cc2)c2cc3cc(N(c4ccc(C)cc4)c4ccc(C)cc4)cc4c5cc(N(c6ccc(C)cc6)c6ccc(C)cc6)cc6cc(N(c7ccc(C)cc7)c7ccc(C)cc7)cc(c(c2)c34)c65)cc1. The van der Waals surface area contributed by atoms with Crippen LogP contribution in [-0.2, 0) is 0 Å². The first-order chi connectivity index (χ1) is 38.9. The Kier molecular flexibility index (Phi) is 12.7. The van der Waals surface area contributed by atoms with Crippen LogP contribution in [0.3, 0.4) is 0 Å². The molecule has 0 aliphatic rings. The molecule has 0 aromatic heterocycles. The van der Waals surface area contributed by atoms with Crippen molar-refractivity contribution >= 4 is 111 Å². The summed E-state index contributed by atoms with van der Waals surface area (Å²) in [6.07, 6.45) is 0. The van der Waals surface area contributed by atoms with E-state index in [4.69, 9.17) is 0 Å². The van der Waals surface area contributed by atoms with E-state index in [0.717, 1.165) is 79.0 Å². The molecule has 4 nitrogen and oxygen atoms in total. The smallest absolute Gasteiger partial charge is 0.0474 e. The molecule has 13 aromatic carbocycles. The van der Waals surface area contributed by atoms with Gasteiger partial charge in [0, 0.05) is 68.2 Å². The minimum Gasteiger partial charge on any atom is -0.310 e. The first kappa shape index (κ1) is 49.9. The van der Waals surface area contributed by atoms with Crippen LogP contribution in [0.5, 0.6) is 0 Å². The van der Waals surface area contributed by atoms with Gasteiger partial charge in [0.15, 0.2) is 0 Å². The van der Waals surface area contributed by atoms with Gasteiger partial charge in [0.2, 0.25) is 0 Å². The van der Waals surface area contributed by atoms with Gasteiger partial charge in [0.05, 0.1) is 0 Å². The molecular formula is C76H64N4. The van der Waals surface area contributed by atoms with Gasteiger partial charge in [-0.3, -0.25) is 0 Å². The molecule has 13 aromatic rings. The van der Waals surface area contributed by atoms with Crippen LogP contribution in [-0.4, -0.2) is 0 Å². The van der Waals surface area contributed by atoms with Crippen molar-refractivity contribution in [3.05, 3.63) is 287 Å². The van der Waals surface area contributed by atoms with Crippen molar-refractivity contribution in [2.75, 3.05) is 19.6 Å². The fourth-order valence-corrected chi connectivity index (χ4v) is 11.7. The Morgan fingerprint density at radius 2 is 0.300 bits per heavy atom. The first-order valence-corrected chi connectivity index (χ1v) is 27.9. The van der Waals surface area contributed by atoms with E-state index in [0.29, 0.717) is 0 Å². The highest BCUT2D eigenvalue weighted by atomic mass is 15.2. The van der Waals surface area contributed by atoms with Gasteiger partial charge in [-0.05, 0) is 244 Å². The van der Waals surface area contributed by atoms with Crippen molar-refractivity contribution in [1.29, 1.82) is 0 Å². The van der Waals surface area contributed by atoms with Gasteiger partial charge < -0.3 is 19.6 Å². The van der Waals surface area contributed by atoms with Crippen LogP contribution >= 0.6 is 0 Å². The quantitative estimate of drug-likeness (QED) is 0.0893. The third-order valence-electron chi connectivity index (χ3n) is 16.0. The number of hydrogen-bond donors (Lipinski definition) is 0. The van der Waals surface area contributed by atoms with E-state index in [1.807, 2.05) is 0 Å². The predicted octanol–water partition coefficient (Wildman–Crippen LogP) is 22.1. The fourth-order valence-electron chi connectivity index (χ4n) is 11.7. The molecular weight excluding hydrogens is 969 g/mol. The van der Waals surface area contributed by atoms with Gasteiger partial charge in [0.1, 0.15) is 0 Å². The normalized spacial score (nSPS) is 11.5.